The molecular formula is C103H136N14O29. The van der Waals surface area contributed by atoms with Gasteiger partial charge in [0.15, 0.2) is 23.2 Å². The van der Waals surface area contributed by atoms with Crippen molar-refractivity contribution in [1.29, 1.82) is 0 Å². The number of aliphatic imine (C=N–C) groups is 1. The van der Waals surface area contributed by atoms with Crippen LogP contribution in [0.2, 0.25) is 0 Å². The highest BCUT2D eigenvalue weighted by molar-refractivity contribution is 6.13. The number of aromatic nitrogens is 4. The number of alkyl carbamates (subject to hydrolysis) is 1. The summed E-state index contributed by atoms with van der Waals surface area (Å²) in [5.41, 5.74) is 6.29. The lowest BCUT2D eigenvalue weighted by Gasteiger charge is -2.24. The number of Topliss-reactive ketones (excluding diaryl/α,β-unsaturated/α-hetero) is 6. The Bertz CT molecular complexity index is 5530. The smallest absolute Gasteiger partial charge is 0.407 e. The summed E-state index contributed by atoms with van der Waals surface area (Å²) in [5.74, 6) is -7.77. The van der Waals surface area contributed by atoms with Crippen molar-refractivity contribution in [3.05, 3.63) is 138 Å². The third kappa shape index (κ3) is 40.2. The van der Waals surface area contributed by atoms with Crippen LogP contribution in [0, 0.1) is 18.8 Å². The van der Waals surface area contributed by atoms with E-state index in [9.17, 15) is 81.5 Å². The van der Waals surface area contributed by atoms with Crippen molar-refractivity contribution in [2.45, 2.75) is 149 Å². The van der Waals surface area contributed by atoms with Gasteiger partial charge in [-0.1, -0.05) is 50.3 Å². The van der Waals surface area contributed by atoms with E-state index in [0.717, 1.165) is 39.3 Å². The number of ether oxygens (including phenoxy) is 12. The number of carbonyl (C=O) groups excluding carboxylic acids is 17. The van der Waals surface area contributed by atoms with Crippen LogP contribution in [0.5, 0.6) is 5.75 Å². The van der Waals surface area contributed by atoms with E-state index in [0.29, 0.717) is 143 Å². The Kier molecular flexibility index (Phi) is 49.7. The van der Waals surface area contributed by atoms with Crippen LogP contribution in [0.25, 0.3) is 22.0 Å². The van der Waals surface area contributed by atoms with E-state index >= 15 is 0 Å². The topological polar surface area (TPSA) is 532 Å². The van der Waals surface area contributed by atoms with Crippen molar-refractivity contribution in [2.24, 2.45) is 30.9 Å². The largest absolute Gasteiger partial charge is 0.493 e. The second-order valence-electron chi connectivity index (χ2n) is 35.4. The summed E-state index contributed by atoms with van der Waals surface area (Å²) < 4.78 is 70.5. The first-order chi connectivity index (χ1) is 70.3. The molecule has 792 valence electrons. The van der Waals surface area contributed by atoms with Gasteiger partial charge >= 0.3 is 6.09 Å². The molecule has 6 heterocycles. The number of imidazole rings is 1. The van der Waals surface area contributed by atoms with Crippen LogP contribution in [0.4, 0.5) is 22.0 Å². The molecule has 3 aliphatic rings. The molecular weight excluding hydrogens is 1900 g/mol. The molecule has 0 aliphatic carbocycles. The highest BCUT2D eigenvalue weighted by Crippen LogP contribution is 2.36. The van der Waals surface area contributed by atoms with Gasteiger partial charge < -0.3 is 108 Å². The zero-order chi connectivity index (χ0) is 105. The van der Waals surface area contributed by atoms with Crippen LogP contribution >= 0.6 is 0 Å². The number of rotatable bonds is 73. The van der Waals surface area contributed by atoms with E-state index in [-0.39, 0.29) is 202 Å². The number of methoxy groups -OCH3 is 1. The zero-order valence-corrected chi connectivity index (χ0v) is 84.1. The standard InChI is InChI=1S/C103H136N14O29/c1-68(2)97(100(131)108-71(5)99(130)109-77-19-22-85-74(57-77)28-32-115(85)102(133)86-59-75(65-113(86)6)73-17-15-72(16-18-73)56-88(123)98-111-90(66-114(98)7)110-93(126)14-11-36-145-89-60-84-83(55-70(89)4)101(132)117-64-69(3)54-78(117)61-105-84)112-94(127)27-31-104-103(134)146-67-76(87(122)13-10-35-137-41-43-140-46-47-142-50-51-144-53-52-143-49-48-141-45-44-139-39-38-135-8)58-82(121)63-107-92(125)24-21-81(120)62-106-91(124)23-20-80(119)30-37-138-42-40-136-34-9-12-79(118)29-33-116-95(128)25-26-96(116)129/h15-19,22,25-26,28,32,55,57,59-61,65-66,68,71,76,78,97H,3,9-14,20-21,23-24,27,29-31,33-54,56,58,62-64,67H2,1-2,4-8H3,(H,104,134)(H,106,124)(H,107,125)(H,108,131)(H,109,130)(H,110,126)(H,112,127)/t71-,76?,78-,97-/m0/s1. The van der Waals surface area contributed by atoms with Gasteiger partial charge in [-0.2, -0.15) is 0 Å². The fourth-order valence-electron chi connectivity index (χ4n) is 15.4. The number of ketones is 6. The number of imide groups is 1. The second kappa shape index (κ2) is 62.5. The molecule has 9 rings (SSSR count). The number of benzene rings is 3. The highest BCUT2D eigenvalue weighted by Gasteiger charge is 2.36. The van der Waals surface area contributed by atoms with Crippen LogP contribution < -0.4 is 42.0 Å². The maximum Gasteiger partial charge on any atom is 0.407 e. The number of nitrogens with zero attached hydrogens (tertiary/aromatic N) is 7. The predicted molar refractivity (Wildman–Crippen MR) is 532 cm³/mol. The molecule has 3 aromatic heterocycles. The molecule has 3 aliphatic heterocycles. The van der Waals surface area contributed by atoms with Gasteiger partial charge in [-0.25, -0.2) is 9.78 Å². The van der Waals surface area contributed by atoms with Gasteiger partial charge in [0.05, 0.1) is 161 Å². The third-order valence-electron chi connectivity index (χ3n) is 23.5. The number of hydrogen-bond donors (Lipinski definition) is 7. The molecule has 0 spiro atoms. The minimum Gasteiger partial charge on any atom is -0.493 e. The normalized spacial score (nSPS) is 13.8. The summed E-state index contributed by atoms with van der Waals surface area (Å²) in [6, 6.07) is 16.9. The lowest BCUT2D eigenvalue weighted by molar-refractivity contribution is -0.137. The summed E-state index contributed by atoms with van der Waals surface area (Å²) in [6.45, 7) is 15.9. The van der Waals surface area contributed by atoms with Crippen LogP contribution in [-0.2, 0) is 135 Å². The maximum atomic E-state index is 14.3. The van der Waals surface area contributed by atoms with E-state index in [4.69, 9.17) is 56.8 Å². The van der Waals surface area contributed by atoms with Gasteiger partial charge in [-0.3, -0.25) is 91.2 Å². The average molecular weight is 2030 g/mol. The van der Waals surface area contributed by atoms with E-state index < -0.39 is 115 Å². The molecule has 6 aromatic rings. The number of aryl methyl sites for hydroxylation is 3. The Balaban J connectivity index is 0.650. The first kappa shape index (κ1) is 116. The fraction of sp³-hybridized carbons (Fsp3) is 0.524. The molecule has 7 N–H and O–H groups in total. The summed E-state index contributed by atoms with van der Waals surface area (Å²) in [6.07, 6.45) is 8.31. The SMILES string of the molecule is C=C1C[C@H]2C=Nc3cc(OCCCC(=O)Nc4cn(C)c(C(=O)Cc5ccc(-c6cc(C(=O)n7ccc8cc(NC(=O)[C@H](C)NC(=O)[C@@H](NC(=O)CCNC(=O)OCC(CC(=O)CNC(=O)CCC(=O)CNC(=O)CCC(=O)CCOCCOCCCC(=O)CCN9C(=O)C=CC9=O)C(=O)CCCOCCOCCOCCOCCOCCOCCOCCOC)C(C)C)ccc87)n(C)c6)cc5)n4)c(C)cc3C(=O)N2C1. The average Bonchev–Trinajstić information content (AvgIpc) is 1.63. The molecule has 1 fully saturated rings. The van der Waals surface area contributed by atoms with Crippen molar-refractivity contribution >= 4 is 134 Å². The number of anilines is 2. The van der Waals surface area contributed by atoms with Crippen molar-refractivity contribution in [3.63, 3.8) is 0 Å². The van der Waals surface area contributed by atoms with Crippen LogP contribution in [0.15, 0.2) is 115 Å². The van der Waals surface area contributed by atoms with Gasteiger partial charge in [0, 0.05) is 191 Å². The first-order valence-electron chi connectivity index (χ1n) is 49.0. The molecule has 10 amide bonds. The van der Waals surface area contributed by atoms with Crippen molar-refractivity contribution in [1.82, 2.24) is 55.1 Å². The Morgan fingerprint density at radius 1 is 0.534 bits per heavy atom. The van der Waals surface area contributed by atoms with Gasteiger partial charge in [-0.05, 0) is 98.5 Å². The number of carbonyl (C=O) groups is 17. The Morgan fingerprint density at radius 2 is 1.12 bits per heavy atom. The van der Waals surface area contributed by atoms with Crippen molar-refractivity contribution < 1.29 is 138 Å². The summed E-state index contributed by atoms with van der Waals surface area (Å²) in [5, 5.41) is 18.8. The molecule has 43 nitrogen and oxygen atoms in total. The van der Waals surface area contributed by atoms with E-state index in [1.165, 1.54) is 11.5 Å². The van der Waals surface area contributed by atoms with Gasteiger partial charge in [0.25, 0.3) is 23.6 Å². The minimum atomic E-state index is -1.19. The summed E-state index contributed by atoms with van der Waals surface area (Å²) >= 11 is 0. The molecule has 1 saturated heterocycles. The minimum absolute atomic E-state index is 0.0190. The van der Waals surface area contributed by atoms with Gasteiger partial charge in [-0.15, -0.1) is 0 Å². The molecule has 43 heteroatoms. The molecule has 0 bridgehead atoms. The quantitative estimate of drug-likeness (QED) is 0.00927. The van der Waals surface area contributed by atoms with E-state index in [2.05, 4.69) is 53.8 Å². The Hall–Kier alpha value is -13.4. The molecule has 4 atom stereocenters. The lowest BCUT2D eigenvalue weighted by atomic mass is 9.95. The number of nitrogens with one attached hydrogen (secondary N) is 7. The third-order valence-corrected chi connectivity index (χ3v) is 23.5. The number of fused-ring (bicyclic) bond motifs is 3. The Morgan fingerprint density at radius 3 is 1.75 bits per heavy atom. The van der Waals surface area contributed by atoms with Gasteiger partial charge in [0.2, 0.25) is 41.2 Å². The predicted octanol–water partition coefficient (Wildman–Crippen LogP) is 6.49. The van der Waals surface area contributed by atoms with Crippen LogP contribution in [-0.4, -0.2) is 331 Å². The zero-order valence-electron chi connectivity index (χ0n) is 84.1. The first-order valence-corrected chi connectivity index (χ1v) is 49.0. The number of amides is 10. The number of hydrogen-bond acceptors (Lipinski definition) is 31. The van der Waals surface area contributed by atoms with Crippen LogP contribution in [0.3, 0.4) is 0 Å². The summed E-state index contributed by atoms with van der Waals surface area (Å²) in [7, 11) is 5.03. The van der Waals surface area contributed by atoms with Crippen LogP contribution in [0.1, 0.15) is 160 Å². The molecule has 1 unspecified atom stereocenters. The molecule has 0 radical (unpaired) electrons. The highest BCUT2D eigenvalue weighted by atomic mass is 16.6. The van der Waals surface area contributed by atoms with Crippen molar-refractivity contribution in [3.8, 4) is 16.9 Å². The maximum absolute atomic E-state index is 14.3. The lowest BCUT2D eigenvalue weighted by Crippen LogP contribution is -2.54. The second-order valence-corrected chi connectivity index (χ2v) is 35.4. The molecule has 0 saturated carbocycles. The van der Waals surface area contributed by atoms with Crippen molar-refractivity contribution in [2.75, 3.05) is 189 Å². The molecule has 3 aromatic carbocycles. The monoisotopic (exact) mass is 2030 g/mol. The fourth-order valence-corrected chi connectivity index (χ4v) is 15.4. The Labute approximate surface area is 847 Å². The summed E-state index contributed by atoms with van der Waals surface area (Å²) in [4.78, 5) is 233. The molecule has 146 heavy (non-hydrogen) atoms. The van der Waals surface area contributed by atoms with Gasteiger partial charge in [0.1, 0.15) is 47.5 Å². The van der Waals surface area contributed by atoms with E-state index in [1.807, 2.05) is 37.4 Å². The van der Waals surface area contributed by atoms with E-state index in [1.54, 1.807) is 110 Å².